The van der Waals surface area contributed by atoms with Crippen LogP contribution in [0.3, 0.4) is 0 Å². The van der Waals surface area contributed by atoms with E-state index in [2.05, 4.69) is 37.3 Å². The van der Waals surface area contributed by atoms with Crippen LogP contribution in [0.5, 0.6) is 11.5 Å². The fraction of sp³-hybridized carbons (Fsp3) is 0.381. The minimum Gasteiger partial charge on any atom is -0.493 e. The molecular formula is C21H25NO3. The van der Waals surface area contributed by atoms with E-state index in [-0.39, 0.29) is 11.9 Å². The molecule has 1 unspecified atom stereocenters. The van der Waals surface area contributed by atoms with Crippen LogP contribution < -0.4 is 9.47 Å². The van der Waals surface area contributed by atoms with Gasteiger partial charge in [-0.2, -0.15) is 0 Å². The number of benzene rings is 2. The highest BCUT2D eigenvalue weighted by molar-refractivity contribution is 5.78. The van der Waals surface area contributed by atoms with Gasteiger partial charge in [-0.15, -0.1) is 0 Å². The maximum absolute atomic E-state index is 12.4. The van der Waals surface area contributed by atoms with E-state index in [9.17, 15) is 4.79 Å². The summed E-state index contributed by atoms with van der Waals surface area (Å²) in [6.07, 6.45) is 2.36. The van der Waals surface area contributed by atoms with Crippen LogP contribution >= 0.6 is 0 Å². The third kappa shape index (κ3) is 3.95. The van der Waals surface area contributed by atoms with Gasteiger partial charge in [-0.05, 0) is 43.0 Å². The maximum Gasteiger partial charge on any atom is 0.223 e. The molecule has 1 atom stereocenters. The molecule has 0 aromatic heterocycles. The minimum atomic E-state index is 0.228. The molecule has 0 N–H and O–H groups in total. The average Bonchev–Trinajstić information content (AvgIpc) is 2.95. The zero-order chi connectivity index (χ0) is 17.8. The van der Waals surface area contributed by atoms with Gasteiger partial charge in [0.2, 0.25) is 5.91 Å². The lowest BCUT2D eigenvalue weighted by molar-refractivity contribution is -0.129. The zero-order valence-corrected chi connectivity index (χ0v) is 15.1. The van der Waals surface area contributed by atoms with Crippen LogP contribution in [-0.2, 0) is 17.8 Å². The Morgan fingerprint density at radius 3 is 2.56 bits per heavy atom. The Labute approximate surface area is 149 Å². The molecule has 1 aliphatic rings. The topological polar surface area (TPSA) is 38.8 Å². The molecule has 0 aliphatic carbocycles. The lowest BCUT2D eigenvalue weighted by Gasteiger charge is -2.25. The number of carbonyl (C=O) groups is 1. The molecule has 0 spiro atoms. The van der Waals surface area contributed by atoms with E-state index in [4.69, 9.17) is 9.47 Å². The fourth-order valence-electron chi connectivity index (χ4n) is 3.51. The second-order valence-corrected chi connectivity index (χ2v) is 6.60. The van der Waals surface area contributed by atoms with Crippen LogP contribution in [0.4, 0.5) is 0 Å². The molecule has 3 rings (SSSR count). The summed E-state index contributed by atoms with van der Waals surface area (Å²) in [7, 11) is 3.28. The standard InChI is InChI=1S/C21H25NO3/c1-15-5-4-6-17(11-15)14-22-18(8-10-21(22)23)12-16-7-9-19(24-2)20(13-16)25-3/h4-7,9,11,13,18H,8,10,12,14H2,1-3H3. The molecule has 1 fully saturated rings. The summed E-state index contributed by atoms with van der Waals surface area (Å²) in [4.78, 5) is 14.4. The van der Waals surface area contributed by atoms with Gasteiger partial charge in [0.25, 0.3) is 0 Å². The molecule has 4 nitrogen and oxygen atoms in total. The largest absolute Gasteiger partial charge is 0.493 e. The number of amides is 1. The fourth-order valence-corrected chi connectivity index (χ4v) is 3.51. The van der Waals surface area contributed by atoms with Gasteiger partial charge in [0.1, 0.15) is 0 Å². The molecule has 1 heterocycles. The number of methoxy groups -OCH3 is 2. The predicted octanol–water partition coefficient (Wildman–Crippen LogP) is 3.75. The molecule has 25 heavy (non-hydrogen) atoms. The number of hydrogen-bond donors (Lipinski definition) is 0. The third-order valence-corrected chi connectivity index (χ3v) is 4.81. The number of hydrogen-bond acceptors (Lipinski definition) is 3. The van der Waals surface area contributed by atoms with Crippen molar-refractivity contribution >= 4 is 5.91 Å². The molecule has 0 bridgehead atoms. The number of rotatable bonds is 6. The number of carbonyl (C=O) groups excluding carboxylic acids is 1. The van der Waals surface area contributed by atoms with E-state index in [0.29, 0.717) is 13.0 Å². The third-order valence-electron chi connectivity index (χ3n) is 4.81. The van der Waals surface area contributed by atoms with Gasteiger partial charge in [-0.3, -0.25) is 4.79 Å². The molecule has 132 valence electrons. The van der Waals surface area contributed by atoms with E-state index in [1.54, 1.807) is 14.2 Å². The van der Waals surface area contributed by atoms with Crippen LogP contribution in [-0.4, -0.2) is 31.1 Å². The van der Waals surface area contributed by atoms with Crippen molar-refractivity contribution in [2.24, 2.45) is 0 Å². The Morgan fingerprint density at radius 2 is 1.84 bits per heavy atom. The van der Waals surface area contributed by atoms with Gasteiger partial charge in [0.15, 0.2) is 11.5 Å². The zero-order valence-electron chi connectivity index (χ0n) is 15.1. The highest BCUT2D eigenvalue weighted by Crippen LogP contribution is 2.30. The minimum absolute atomic E-state index is 0.228. The number of nitrogens with zero attached hydrogens (tertiary/aromatic N) is 1. The van der Waals surface area contributed by atoms with Crippen LogP contribution in [0.15, 0.2) is 42.5 Å². The molecular weight excluding hydrogens is 314 g/mol. The summed E-state index contributed by atoms with van der Waals surface area (Å²) < 4.78 is 10.7. The Balaban J connectivity index is 1.75. The normalized spacial score (nSPS) is 17.0. The lowest BCUT2D eigenvalue weighted by Crippen LogP contribution is -2.33. The van der Waals surface area contributed by atoms with Gasteiger partial charge in [-0.25, -0.2) is 0 Å². The molecule has 2 aromatic rings. The van der Waals surface area contributed by atoms with E-state index in [1.807, 2.05) is 17.0 Å². The summed E-state index contributed by atoms with van der Waals surface area (Å²) in [5.74, 6) is 1.70. The smallest absolute Gasteiger partial charge is 0.223 e. The molecule has 0 saturated carbocycles. The Bertz CT molecular complexity index is 757. The van der Waals surface area contributed by atoms with Gasteiger partial charge in [0.05, 0.1) is 14.2 Å². The molecule has 1 saturated heterocycles. The van der Waals surface area contributed by atoms with Crippen LogP contribution in [0.1, 0.15) is 29.5 Å². The van der Waals surface area contributed by atoms with Crippen molar-refractivity contribution in [3.8, 4) is 11.5 Å². The second-order valence-electron chi connectivity index (χ2n) is 6.60. The van der Waals surface area contributed by atoms with Crippen molar-refractivity contribution in [3.63, 3.8) is 0 Å². The first kappa shape index (κ1) is 17.3. The van der Waals surface area contributed by atoms with Gasteiger partial charge < -0.3 is 14.4 Å². The van der Waals surface area contributed by atoms with Crippen LogP contribution in [0.25, 0.3) is 0 Å². The summed E-state index contributed by atoms with van der Waals surface area (Å²) in [5, 5.41) is 0. The summed E-state index contributed by atoms with van der Waals surface area (Å²) in [6, 6.07) is 14.6. The van der Waals surface area contributed by atoms with Crippen molar-refractivity contribution in [3.05, 3.63) is 59.2 Å². The van der Waals surface area contributed by atoms with Crippen molar-refractivity contribution in [2.45, 2.75) is 38.8 Å². The number of ether oxygens (including phenoxy) is 2. The van der Waals surface area contributed by atoms with Gasteiger partial charge in [-0.1, -0.05) is 35.9 Å². The van der Waals surface area contributed by atoms with Crippen LogP contribution in [0.2, 0.25) is 0 Å². The molecule has 4 heteroatoms. The SMILES string of the molecule is COc1ccc(CC2CCC(=O)N2Cc2cccc(C)c2)cc1OC. The number of aryl methyl sites for hydroxylation is 1. The molecule has 0 radical (unpaired) electrons. The van der Waals surface area contributed by atoms with Crippen molar-refractivity contribution in [2.75, 3.05) is 14.2 Å². The maximum atomic E-state index is 12.4. The first-order valence-electron chi connectivity index (χ1n) is 8.66. The Hall–Kier alpha value is -2.49. The second kappa shape index (κ2) is 7.60. The predicted molar refractivity (Wildman–Crippen MR) is 98.0 cm³/mol. The molecule has 1 amide bonds. The molecule has 1 aliphatic heterocycles. The highest BCUT2D eigenvalue weighted by Gasteiger charge is 2.31. The monoisotopic (exact) mass is 339 g/mol. The van der Waals surface area contributed by atoms with Gasteiger partial charge >= 0.3 is 0 Å². The Morgan fingerprint density at radius 1 is 1.04 bits per heavy atom. The van der Waals surface area contributed by atoms with Crippen molar-refractivity contribution in [1.82, 2.24) is 4.90 Å². The van der Waals surface area contributed by atoms with Crippen LogP contribution in [0, 0.1) is 6.92 Å². The van der Waals surface area contributed by atoms with E-state index in [0.717, 1.165) is 29.9 Å². The first-order valence-corrected chi connectivity index (χ1v) is 8.66. The lowest BCUT2D eigenvalue weighted by atomic mass is 10.0. The van der Waals surface area contributed by atoms with Crippen molar-refractivity contribution < 1.29 is 14.3 Å². The highest BCUT2D eigenvalue weighted by atomic mass is 16.5. The van der Waals surface area contributed by atoms with Crippen molar-refractivity contribution in [1.29, 1.82) is 0 Å². The van der Waals surface area contributed by atoms with E-state index >= 15 is 0 Å². The van der Waals surface area contributed by atoms with E-state index in [1.165, 1.54) is 11.1 Å². The Kier molecular flexibility index (Phi) is 5.27. The quantitative estimate of drug-likeness (QED) is 0.805. The van der Waals surface area contributed by atoms with E-state index < -0.39 is 0 Å². The summed E-state index contributed by atoms with van der Waals surface area (Å²) >= 11 is 0. The summed E-state index contributed by atoms with van der Waals surface area (Å²) in [6.45, 7) is 2.76. The first-order chi connectivity index (χ1) is 12.1. The van der Waals surface area contributed by atoms with Gasteiger partial charge in [0, 0.05) is 19.0 Å². The summed E-state index contributed by atoms with van der Waals surface area (Å²) in [5.41, 5.74) is 3.57. The number of likely N-dealkylation sites (tertiary alicyclic amines) is 1. The average molecular weight is 339 g/mol. The molecule has 2 aromatic carbocycles.